The molecule has 2 heterocycles. The number of amides is 1. The Morgan fingerprint density at radius 1 is 1.50 bits per heavy atom. The van der Waals surface area contributed by atoms with Crippen molar-refractivity contribution in [2.45, 2.75) is 6.54 Å². The van der Waals surface area contributed by atoms with Crippen molar-refractivity contribution in [1.82, 2.24) is 14.5 Å². The highest BCUT2D eigenvalue weighted by molar-refractivity contribution is 5.98. The highest BCUT2D eigenvalue weighted by atomic mass is 16.1. The van der Waals surface area contributed by atoms with Crippen LogP contribution in [-0.4, -0.2) is 27.0 Å². The number of nitrogen functional groups attached to an aromatic ring is 1. The number of carbonyl (C=O) groups excluding carboxylic acids is 1. The molecule has 0 aliphatic rings. The molecule has 0 aliphatic heterocycles. The van der Waals surface area contributed by atoms with E-state index in [4.69, 9.17) is 11.5 Å². The third-order valence-corrected chi connectivity index (χ3v) is 2.40. The number of hydrogen-bond donors (Lipinski definition) is 3. The van der Waals surface area contributed by atoms with Gasteiger partial charge in [0.2, 0.25) is 0 Å². The molecular formula is C11H14N6O. The van der Waals surface area contributed by atoms with E-state index >= 15 is 0 Å². The number of nitrogens with zero attached hydrogens (tertiary/aromatic N) is 3. The molecule has 0 fully saturated rings. The summed E-state index contributed by atoms with van der Waals surface area (Å²) in [6.45, 7) is 1.32. The first-order valence-electron chi connectivity index (χ1n) is 5.42. The molecule has 0 radical (unpaired) electrons. The van der Waals surface area contributed by atoms with Crippen molar-refractivity contribution >= 4 is 17.4 Å². The molecule has 0 saturated heterocycles. The number of rotatable bonds is 5. The van der Waals surface area contributed by atoms with Crippen LogP contribution in [0.4, 0.5) is 11.5 Å². The highest BCUT2D eigenvalue weighted by Crippen LogP contribution is 2.14. The standard InChI is InChI=1S/C11H14N6O/c12-8-5-9(10(13)18)11(16-6-8)15-2-4-17-3-1-14-7-17/h1,3,5-7H,2,4,12H2,(H2,13,18)(H,15,16). The predicted octanol–water partition coefficient (Wildman–Crippen LogP) is 0.0713. The first-order chi connectivity index (χ1) is 8.66. The molecule has 7 heteroatoms. The Bertz CT molecular complexity index is 536. The molecule has 0 aromatic carbocycles. The first kappa shape index (κ1) is 11.9. The van der Waals surface area contributed by atoms with Gasteiger partial charge in [-0.3, -0.25) is 4.79 Å². The fourth-order valence-electron chi connectivity index (χ4n) is 1.53. The first-order valence-corrected chi connectivity index (χ1v) is 5.42. The van der Waals surface area contributed by atoms with E-state index in [9.17, 15) is 4.79 Å². The second-order valence-electron chi connectivity index (χ2n) is 3.76. The molecule has 0 bridgehead atoms. The lowest BCUT2D eigenvalue weighted by Crippen LogP contribution is -2.18. The van der Waals surface area contributed by atoms with Crippen LogP contribution >= 0.6 is 0 Å². The molecule has 0 unspecified atom stereocenters. The maximum atomic E-state index is 11.2. The molecule has 2 aromatic heterocycles. The fraction of sp³-hybridized carbons (Fsp3) is 0.182. The van der Waals surface area contributed by atoms with E-state index < -0.39 is 5.91 Å². The molecule has 7 nitrogen and oxygen atoms in total. The zero-order valence-corrected chi connectivity index (χ0v) is 9.71. The Hall–Kier alpha value is -2.57. The minimum Gasteiger partial charge on any atom is -0.397 e. The second kappa shape index (κ2) is 5.17. The van der Waals surface area contributed by atoms with Crippen LogP contribution < -0.4 is 16.8 Å². The van der Waals surface area contributed by atoms with Gasteiger partial charge in [-0.15, -0.1) is 0 Å². The zero-order valence-electron chi connectivity index (χ0n) is 9.71. The normalized spacial score (nSPS) is 10.2. The molecule has 0 spiro atoms. The van der Waals surface area contributed by atoms with Crippen molar-refractivity contribution in [2.24, 2.45) is 5.73 Å². The van der Waals surface area contributed by atoms with Crippen LogP contribution in [0, 0.1) is 0 Å². The summed E-state index contributed by atoms with van der Waals surface area (Å²) in [6.07, 6.45) is 6.75. The lowest BCUT2D eigenvalue weighted by atomic mass is 10.2. The van der Waals surface area contributed by atoms with Gasteiger partial charge >= 0.3 is 0 Å². The minimum atomic E-state index is -0.556. The number of pyridine rings is 1. The van der Waals surface area contributed by atoms with Gasteiger partial charge in [-0.25, -0.2) is 9.97 Å². The molecule has 5 N–H and O–H groups in total. The molecule has 0 aliphatic carbocycles. The lowest BCUT2D eigenvalue weighted by Gasteiger charge is -2.09. The van der Waals surface area contributed by atoms with Gasteiger partial charge in [0.15, 0.2) is 0 Å². The van der Waals surface area contributed by atoms with E-state index in [0.29, 0.717) is 30.2 Å². The molecule has 2 aromatic rings. The van der Waals surface area contributed by atoms with Crippen molar-refractivity contribution in [2.75, 3.05) is 17.6 Å². The summed E-state index contributed by atoms with van der Waals surface area (Å²) in [5.74, 6) is -0.114. The van der Waals surface area contributed by atoms with E-state index in [1.54, 1.807) is 12.5 Å². The van der Waals surface area contributed by atoms with Gasteiger partial charge in [-0.2, -0.15) is 0 Å². The van der Waals surface area contributed by atoms with E-state index in [1.807, 2.05) is 10.8 Å². The van der Waals surface area contributed by atoms with E-state index in [2.05, 4.69) is 15.3 Å². The molecule has 0 atom stereocenters. The number of imidazole rings is 1. The van der Waals surface area contributed by atoms with Gasteiger partial charge in [0.25, 0.3) is 5.91 Å². The zero-order chi connectivity index (χ0) is 13.0. The molecule has 2 rings (SSSR count). The maximum absolute atomic E-state index is 11.2. The van der Waals surface area contributed by atoms with Crippen molar-refractivity contribution in [3.8, 4) is 0 Å². The molecular weight excluding hydrogens is 232 g/mol. The Balaban J connectivity index is 2.02. The summed E-state index contributed by atoms with van der Waals surface area (Å²) in [5.41, 5.74) is 11.5. The second-order valence-corrected chi connectivity index (χ2v) is 3.76. The van der Waals surface area contributed by atoms with Crippen molar-refractivity contribution in [1.29, 1.82) is 0 Å². The van der Waals surface area contributed by atoms with Crippen LogP contribution in [0.5, 0.6) is 0 Å². The Labute approximate surface area is 104 Å². The van der Waals surface area contributed by atoms with Gasteiger partial charge in [0.1, 0.15) is 5.82 Å². The monoisotopic (exact) mass is 246 g/mol. The van der Waals surface area contributed by atoms with Crippen LogP contribution in [-0.2, 0) is 6.54 Å². The quantitative estimate of drug-likeness (QED) is 0.691. The number of aromatic nitrogens is 3. The van der Waals surface area contributed by atoms with Gasteiger partial charge in [-0.1, -0.05) is 0 Å². The average Bonchev–Trinajstić information content (AvgIpc) is 2.84. The Morgan fingerprint density at radius 3 is 3.00 bits per heavy atom. The maximum Gasteiger partial charge on any atom is 0.252 e. The number of carbonyl (C=O) groups is 1. The minimum absolute atomic E-state index is 0.292. The van der Waals surface area contributed by atoms with Crippen LogP contribution in [0.3, 0.4) is 0 Å². The highest BCUT2D eigenvalue weighted by Gasteiger charge is 2.09. The molecule has 94 valence electrons. The summed E-state index contributed by atoms with van der Waals surface area (Å²) in [5, 5.41) is 3.04. The molecule has 0 saturated carbocycles. The summed E-state index contributed by atoms with van der Waals surface area (Å²) in [7, 11) is 0. The van der Waals surface area contributed by atoms with Crippen molar-refractivity contribution in [3.63, 3.8) is 0 Å². The predicted molar refractivity (Wildman–Crippen MR) is 67.9 cm³/mol. The van der Waals surface area contributed by atoms with E-state index in [-0.39, 0.29) is 0 Å². The Kier molecular flexibility index (Phi) is 3.42. The lowest BCUT2D eigenvalue weighted by molar-refractivity contribution is 0.100. The van der Waals surface area contributed by atoms with Gasteiger partial charge in [-0.05, 0) is 6.07 Å². The third kappa shape index (κ3) is 2.76. The number of nitrogens with one attached hydrogen (secondary N) is 1. The van der Waals surface area contributed by atoms with E-state index in [0.717, 1.165) is 0 Å². The molecule has 1 amide bonds. The summed E-state index contributed by atoms with van der Waals surface area (Å²) < 4.78 is 1.91. The largest absolute Gasteiger partial charge is 0.397 e. The summed E-state index contributed by atoms with van der Waals surface area (Å²) >= 11 is 0. The van der Waals surface area contributed by atoms with Crippen LogP contribution in [0.1, 0.15) is 10.4 Å². The third-order valence-electron chi connectivity index (χ3n) is 2.40. The number of anilines is 2. The smallest absolute Gasteiger partial charge is 0.252 e. The van der Waals surface area contributed by atoms with Gasteiger partial charge in [0.05, 0.1) is 23.8 Å². The summed E-state index contributed by atoms with van der Waals surface area (Å²) in [4.78, 5) is 19.2. The number of primary amides is 1. The molecule has 18 heavy (non-hydrogen) atoms. The van der Waals surface area contributed by atoms with Crippen molar-refractivity contribution in [3.05, 3.63) is 36.5 Å². The van der Waals surface area contributed by atoms with Gasteiger partial charge < -0.3 is 21.4 Å². The number of nitrogens with two attached hydrogens (primary N) is 2. The van der Waals surface area contributed by atoms with E-state index in [1.165, 1.54) is 12.3 Å². The van der Waals surface area contributed by atoms with Gasteiger partial charge in [0, 0.05) is 25.5 Å². The summed E-state index contributed by atoms with van der Waals surface area (Å²) in [6, 6.07) is 1.51. The SMILES string of the molecule is NC(=O)c1cc(N)cnc1NCCn1ccnc1. The van der Waals surface area contributed by atoms with Crippen molar-refractivity contribution < 1.29 is 4.79 Å². The average molecular weight is 246 g/mol. The number of hydrogen-bond acceptors (Lipinski definition) is 5. The van der Waals surface area contributed by atoms with Crippen LogP contribution in [0.25, 0.3) is 0 Å². The fourth-order valence-corrected chi connectivity index (χ4v) is 1.53. The Morgan fingerprint density at radius 2 is 2.33 bits per heavy atom. The topological polar surface area (TPSA) is 112 Å². The van der Waals surface area contributed by atoms with Crippen LogP contribution in [0.15, 0.2) is 31.0 Å². The van der Waals surface area contributed by atoms with Crippen LogP contribution in [0.2, 0.25) is 0 Å².